The first-order chi connectivity index (χ1) is 6.81. The molecule has 0 bridgehead atoms. The molecule has 15 heavy (non-hydrogen) atoms. The van der Waals surface area contributed by atoms with Crippen molar-refractivity contribution in [2.45, 2.75) is 51.4 Å². The van der Waals surface area contributed by atoms with E-state index in [4.69, 9.17) is 0 Å². The van der Waals surface area contributed by atoms with Crippen molar-refractivity contribution in [3.05, 3.63) is 32.9 Å². The molecule has 0 N–H and O–H groups in total. The molecular weight excluding hydrogens is 295 g/mol. The second kappa shape index (κ2) is 3.47. The van der Waals surface area contributed by atoms with Gasteiger partial charge in [0.1, 0.15) is 0 Å². The van der Waals surface area contributed by atoms with E-state index in [9.17, 15) is 0 Å². The van der Waals surface area contributed by atoms with E-state index in [0.717, 1.165) is 0 Å². The molecule has 1 fully saturated rings. The number of benzene rings is 1. The minimum atomic E-state index is 0.265. The molecule has 0 heterocycles. The SMILES string of the molecule is CC(C)(C)c1cc(I)cc(C2(C)CC2)c1. The van der Waals surface area contributed by atoms with Gasteiger partial charge in [-0.25, -0.2) is 0 Å². The van der Waals surface area contributed by atoms with E-state index in [1.807, 2.05) is 0 Å². The van der Waals surface area contributed by atoms with Gasteiger partial charge in [-0.3, -0.25) is 0 Å². The molecule has 0 atom stereocenters. The summed E-state index contributed by atoms with van der Waals surface area (Å²) in [7, 11) is 0. The van der Waals surface area contributed by atoms with E-state index in [0.29, 0.717) is 5.41 Å². The third-order valence-electron chi connectivity index (χ3n) is 3.46. The third kappa shape index (κ3) is 2.38. The lowest BCUT2D eigenvalue weighted by Gasteiger charge is -2.22. The van der Waals surface area contributed by atoms with Crippen LogP contribution in [0.15, 0.2) is 18.2 Å². The zero-order valence-electron chi connectivity index (χ0n) is 10.0. The molecule has 2 rings (SSSR count). The largest absolute Gasteiger partial charge is 0.0561 e. The summed E-state index contributed by atoms with van der Waals surface area (Å²) in [6.07, 6.45) is 2.72. The van der Waals surface area contributed by atoms with Gasteiger partial charge in [-0.1, -0.05) is 33.8 Å². The predicted molar refractivity (Wildman–Crippen MR) is 74.4 cm³/mol. The first-order valence-corrected chi connectivity index (χ1v) is 6.71. The van der Waals surface area contributed by atoms with Gasteiger partial charge < -0.3 is 0 Å². The Kier molecular flexibility index (Phi) is 2.65. The highest BCUT2D eigenvalue weighted by atomic mass is 127. The first kappa shape index (κ1) is 11.4. The van der Waals surface area contributed by atoms with Crippen LogP contribution >= 0.6 is 22.6 Å². The molecule has 0 spiro atoms. The molecule has 82 valence electrons. The second-order valence-electron chi connectivity index (χ2n) is 6.04. The summed E-state index contributed by atoms with van der Waals surface area (Å²) < 4.78 is 1.38. The molecule has 0 unspecified atom stereocenters. The Morgan fingerprint density at radius 3 is 2.20 bits per heavy atom. The number of hydrogen-bond donors (Lipinski definition) is 0. The maximum atomic E-state index is 2.44. The fourth-order valence-electron chi connectivity index (χ4n) is 1.85. The highest BCUT2D eigenvalue weighted by molar-refractivity contribution is 14.1. The molecule has 1 aliphatic rings. The van der Waals surface area contributed by atoms with Crippen LogP contribution in [0.4, 0.5) is 0 Å². The van der Waals surface area contributed by atoms with Gasteiger partial charge in [0.2, 0.25) is 0 Å². The molecule has 0 nitrogen and oxygen atoms in total. The molecular formula is C14H19I. The highest BCUT2D eigenvalue weighted by Gasteiger charge is 2.39. The van der Waals surface area contributed by atoms with Crippen LogP contribution in [0.3, 0.4) is 0 Å². The van der Waals surface area contributed by atoms with Crippen molar-refractivity contribution in [1.82, 2.24) is 0 Å². The van der Waals surface area contributed by atoms with Gasteiger partial charge in [-0.15, -0.1) is 0 Å². The number of hydrogen-bond acceptors (Lipinski definition) is 0. The van der Waals surface area contributed by atoms with Gasteiger partial charge in [-0.2, -0.15) is 0 Å². The van der Waals surface area contributed by atoms with Crippen LogP contribution in [0.5, 0.6) is 0 Å². The van der Waals surface area contributed by atoms with E-state index < -0.39 is 0 Å². The Balaban J connectivity index is 2.46. The number of rotatable bonds is 1. The minimum Gasteiger partial charge on any atom is -0.0561 e. The lowest BCUT2D eigenvalue weighted by molar-refractivity contribution is 0.587. The van der Waals surface area contributed by atoms with E-state index in [2.05, 4.69) is 68.5 Å². The summed E-state index contributed by atoms with van der Waals surface area (Å²) in [5, 5.41) is 0. The molecule has 0 amide bonds. The second-order valence-corrected chi connectivity index (χ2v) is 7.28. The molecule has 1 saturated carbocycles. The van der Waals surface area contributed by atoms with Crippen LogP contribution in [0, 0.1) is 3.57 Å². The van der Waals surface area contributed by atoms with E-state index >= 15 is 0 Å². The lowest BCUT2D eigenvalue weighted by Crippen LogP contribution is -2.13. The Labute approximate surface area is 107 Å². The summed E-state index contributed by atoms with van der Waals surface area (Å²) in [4.78, 5) is 0. The zero-order chi connectivity index (χ0) is 11.3. The van der Waals surface area contributed by atoms with Crippen LogP contribution in [-0.4, -0.2) is 0 Å². The summed E-state index contributed by atoms with van der Waals surface area (Å²) in [5.74, 6) is 0. The Morgan fingerprint density at radius 2 is 1.73 bits per heavy atom. The Hall–Kier alpha value is -0.0500. The summed E-state index contributed by atoms with van der Waals surface area (Å²) in [6.45, 7) is 9.25. The van der Waals surface area contributed by atoms with Gasteiger partial charge in [0, 0.05) is 3.57 Å². The summed E-state index contributed by atoms with van der Waals surface area (Å²) in [6, 6.07) is 7.08. The quantitative estimate of drug-likeness (QED) is 0.663. The monoisotopic (exact) mass is 314 g/mol. The molecule has 1 aromatic carbocycles. The molecule has 1 heteroatoms. The van der Waals surface area contributed by atoms with Crippen LogP contribution in [0.2, 0.25) is 0 Å². The molecule has 0 aliphatic heterocycles. The first-order valence-electron chi connectivity index (χ1n) is 5.63. The van der Waals surface area contributed by atoms with Crippen LogP contribution < -0.4 is 0 Å². The van der Waals surface area contributed by atoms with Crippen molar-refractivity contribution < 1.29 is 0 Å². The molecule has 0 saturated heterocycles. The fraction of sp³-hybridized carbons (Fsp3) is 0.571. The average molecular weight is 314 g/mol. The maximum absolute atomic E-state index is 2.44. The molecule has 0 aromatic heterocycles. The predicted octanol–water partition coefficient (Wildman–Crippen LogP) is 4.64. The topological polar surface area (TPSA) is 0 Å². The third-order valence-corrected chi connectivity index (χ3v) is 4.08. The Bertz CT molecular complexity index is 357. The van der Waals surface area contributed by atoms with Crippen LogP contribution in [0.1, 0.15) is 51.7 Å². The van der Waals surface area contributed by atoms with Crippen molar-refractivity contribution in [3.63, 3.8) is 0 Å². The lowest BCUT2D eigenvalue weighted by atomic mass is 9.84. The van der Waals surface area contributed by atoms with Gasteiger partial charge in [0.05, 0.1) is 0 Å². The zero-order valence-corrected chi connectivity index (χ0v) is 12.2. The molecule has 1 aromatic rings. The normalized spacial score (nSPS) is 19.0. The standard InChI is InChI=1S/C14H19I/c1-13(2,3)10-7-11(9-12(15)8-10)14(4)5-6-14/h7-9H,5-6H2,1-4H3. The smallest absolute Gasteiger partial charge is 0.0136 e. The van der Waals surface area contributed by atoms with Gasteiger partial charge >= 0.3 is 0 Å². The summed E-state index contributed by atoms with van der Waals surface area (Å²) in [5.41, 5.74) is 3.76. The average Bonchev–Trinajstić information content (AvgIpc) is 2.82. The maximum Gasteiger partial charge on any atom is 0.0136 e. The molecule has 0 radical (unpaired) electrons. The van der Waals surface area contributed by atoms with Crippen molar-refractivity contribution in [3.8, 4) is 0 Å². The highest BCUT2D eigenvalue weighted by Crippen LogP contribution is 2.48. The molecule has 1 aliphatic carbocycles. The van der Waals surface area contributed by atoms with E-state index in [-0.39, 0.29) is 5.41 Å². The van der Waals surface area contributed by atoms with Crippen molar-refractivity contribution >= 4 is 22.6 Å². The fourth-order valence-corrected chi connectivity index (χ4v) is 2.52. The van der Waals surface area contributed by atoms with Crippen molar-refractivity contribution in [2.75, 3.05) is 0 Å². The van der Waals surface area contributed by atoms with E-state index in [1.165, 1.54) is 22.0 Å². The van der Waals surface area contributed by atoms with Crippen LogP contribution in [0.25, 0.3) is 0 Å². The van der Waals surface area contributed by atoms with E-state index in [1.54, 1.807) is 5.56 Å². The summed E-state index contributed by atoms with van der Waals surface area (Å²) >= 11 is 2.44. The van der Waals surface area contributed by atoms with Gasteiger partial charge in [0.15, 0.2) is 0 Å². The van der Waals surface area contributed by atoms with Crippen LogP contribution in [-0.2, 0) is 10.8 Å². The van der Waals surface area contributed by atoms with Gasteiger partial charge in [-0.05, 0) is 69.5 Å². The van der Waals surface area contributed by atoms with Gasteiger partial charge in [0.25, 0.3) is 0 Å². The minimum absolute atomic E-state index is 0.265. The van der Waals surface area contributed by atoms with Crippen molar-refractivity contribution in [2.24, 2.45) is 0 Å². The Morgan fingerprint density at radius 1 is 1.13 bits per heavy atom. The van der Waals surface area contributed by atoms with Crippen molar-refractivity contribution in [1.29, 1.82) is 0 Å². The number of halogens is 1.